The lowest BCUT2D eigenvalue weighted by Gasteiger charge is -2.08. The molecule has 0 spiro atoms. The van der Waals surface area contributed by atoms with Crippen LogP contribution in [0.15, 0.2) is 48.5 Å². The van der Waals surface area contributed by atoms with Gasteiger partial charge in [0, 0.05) is 24.8 Å². The maximum atomic E-state index is 12.2. The fraction of sp³-hybridized carbons (Fsp3) is 0.235. The third-order valence-corrected chi connectivity index (χ3v) is 3.20. The van der Waals surface area contributed by atoms with Gasteiger partial charge in [0.2, 0.25) is 5.91 Å². The zero-order valence-electron chi connectivity index (χ0n) is 12.7. The number of ether oxygens (including phenoxy) is 1. The summed E-state index contributed by atoms with van der Waals surface area (Å²) in [5, 5.41) is 5.80. The van der Waals surface area contributed by atoms with Crippen molar-refractivity contribution in [3.8, 4) is 5.75 Å². The summed E-state index contributed by atoms with van der Waals surface area (Å²) in [7, 11) is 1.80. The van der Waals surface area contributed by atoms with Crippen molar-refractivity contribution in [2.45, 2.75) is 19.5 Å². The molecule has 0 unspecified atom stereocenters. The predicted octanol–water partition coefficient (Wildman–Crippen LogP) is 3.90. The molecule has 0 aliphatic heterocycles. The molecule has 4 nitrogen and oxygen atoms in total. The quantitative estimate of drug-likeness (QED) is 0.813. The highest BCUT2D eigenvalue weighted by molar-refractivity contribution is 5.91. The van der Waals surface area contributed by atoms with Gasteiger partial charge in [-0.05, 0) is 42.3 Å². The Hall–Kier alpha value is -2.63. The van der Waals surface area contributed by atoms with Crippen LogP contribution in [-0.4, -0.2) is 19.6 Å². The molecule has 2 aromatic carbocycles. The van der Waals surface area contributed by atoms with E-state index in [-0.39, 0.29) is 18.1 Å². The highest BCUT2D eigenvalue weighted by Crippen LogP contribution is 2.18. The van der Waals surface area contributed by atoms with E-state index in [1.165, 1.54) is 12.1 Å². The Morgan fingerprint density at radius 3 is 2.61 bits per heavy atom. The molecule has 1 amide bonds. The highest BCUT2D eigenvalue weighted by atomic mass is 19.3. The molecule has 2 N–H and O–H groups in total. The van der Waals surface area contributed by atoms with Crippen LogP contribution in [0.2, 0.25) is 0 Å². The van der Waals surface area contributed by atoms with Crippen LogP contribution in [0.25, 0.3) is 0 Å². The van der Waals surface area contributed by atoms with Crippen molar-refractivity contribution in [2.75, 3.05) is 17.7 Å². The van der Waals surface area contributed by atoms with Crippen LogP contribution >= 0.6 is 0 Å². The Morgan fingerprint density at radius 1 is 1.13 bits per heavy atom. The normalized spacial score (nSPS) is 10.4. The standard InChI is InChI=1S/C17H18F2N2O2/c1-20-13-5-3-6-14(11-13)21-16(22)9-8-12-4-2-7-15(10-12)23-17(18)19/h2-7,10-11,17,20H,8-9H2,1H3,(H,21,22). The first kappa shape index (κ1) is 16.7. The first-order valence-corrected chi connectivity index (χ1v) is 7.18. The van der Waals surface area contributed by atoms with Crippen LogP contribution in [-0.2, 0) is 11.2 Å². The van der Waals surface area contributed by atoms with Gasteiger partial charge in [-0.1, -0.05) is 18.2 Å². The van der Waals surface area contributed by atoms with Gasteiger partial charge in [0.15, 0.2) is 0 Å². The van der Waals surface area contributed by atoms with Crippen LogP contribution < -0.4 is 15.4 Å². The number of halogens is 2. The van der Waals surface area contributed by atoms with E-state index in [0.717, 1.165) is 11.3 Å². The number of aryl methyl sites for hydroxylation is 1. The van der Waals surface area contributed by atoms with E-state index in [2.05, 4.69) is 15.4 Å². The molecule has 0 saturated heterocycles. The number of alkyl halides is 2. The van der Waals surface area contributed by atoms with Crippen molar-refractivity contribution in [2.24, 2.45) is 0 Å². The van der Waals surface area contributed by atoms with Crippen LogP contribution in [0.5, 0.6) is 5.75 Å². The Morgan fingerprint density at radius 2 is 1.87 bits per heavy atom. The zero-order valence-corrected chi connectivity index (χ0v) is 12.7. The van der Waals surface area contributed by atoms with Gasteiger partial charge >= 0.3 is 6.61 Å². The summed E-state index contributed by atoms with van der Waals surface area (Å²) < 4.78 is 28.7. The second-order valence-corrected chi connectivity index (χ2v) is 4.90. The minimum Gasteiger partial charge on any atom is -0.435 e. The van der Waals surface area contributed by atoms with E-state index in [1.807, 2.05) is 18.2 Å². The van der Waals surface area contributed by atoms with E-state index < -0.39 is 6.61 Å². The number of hydrogen-bond acceptors (Lipinski definition) is 3. The monoisotopic (exact) mass is 320 g/mol. The molecule has 2 aromatic rings. The van der Waals surface area contributed by atoms with Crippen molar-refractivity contribution in [3.05, 3.63) is 54.1 Å². The molecule has 0 saturated carbocycles. The van der Waals surface area contributed by atoms with E-state index in [4.69, 9.17) is 0 Å². The Kier molecular flexibility index (Phi) is 5.91. The van der Waals surface area contributed by atoms with Gasteiger partial charge in [-0.2, -0.15) is 8.78 Å². The van der Waals surface area contributed by atoms with Crippen molar-refractivity contribution in [3.63, 3.8) is 0 Å². The summed E-state index contributed by atoms with van der Waals surface area (Å²) in [4.78, 5) is 12.0. The molecule has 6 heteroatoms. The minimum absolute atomic E-state index is 0.0969. The number of amides is 1. The number of carbonyl (C=O) groups excluding carboxylic acids is 1. The summed E-state index contributed by atoms with van der Waals surface area (Å²) in [6.45, 7) is -2.85. The van der Waals surface area contributed by atoms with Crippen LogP contribution in [0, 0.1) is 0 Å². The van der Waals surface area contributed by atoms with E-state index in [1.54, 1.807) is 25.2 Å². The summed E-state index contributed by atoms with van der Waals surface area (Å²) in [5.41, 5.74) is 2.37. The number of benzene rings is 2. The summed E-state index contributed by atoms with van der Waals surface area (Å²) >= 11 is 0. The average Bonchev–Trinajstić information content (AvgIpc) is 2.53. The molecule has 0 fully saturated rings. The lowest BCUT2D eigenvalue weighted by Crippen LogP contribution is -2.12. The van der Waals surface area contributed by atoms with E-state index in [9.17, 15) is 13.6 Å². The summed E-state index contributed by atoms with van der Waals surface area (Å²) in [6, 6.07) is 13.7. The smallest absolute Gasteiger partial charge is 0.387 e. The second kappa shape index (κ2) is 8.12. The van der Waals surface area contributed by atoms with Crippen molar-refractivity contribution in [1.29, 1.82) is 0 Å². The topological polar surface area (TPSA) is 50.4 Å². The van der Waals surface area contributed by atoms with Gasteiger partial charge in [-0.3, -0.25) is 4.79 Å². The number of nitrogens with one attached hydrogen (secondary N) is 2. The van der Waals surface area contributed by atoms with Crippen molar-refractivity contribution in [1.82, 2.24) is 0 Å². The molecular weight excluding hydrogens is 302 g/mol. The Balaban J connectivity index is 1.88. The van der Waals surface area contributed by atoms with Gasteiger partial charge < -0.3 is 15.4 Å². The number of rotatable bonds is 7. The molecule has 0 bridgehead atoms. The Labute approximate surface area is 133 Å². The fourth-order valence-corrected chi connectivity index (χ4v) is 2.11. The molecule has 0 radical (unpaired) electrons. The van der Waals surface area contributed by atoms with E-state index in [0.29, 0.717) is 12.1 Å². The minimum atomic E-state index is -2.85. The average molecular weight is 320 g/mol. The van der Waals surface area contributed by atoms with Gasteiger partial charge in [-0.15, -0.1) is 0 Å². The number of hydrogen-bond donors (Lipinski definition) is 2. The van der Waals surface area contributed by atoms with Gasteiger partial charge in [0.05, 0.1) is 0 Å². The summed E-state index contributed by atoms with van der Waals surface area (Å²) in [6.07, 6.45) is 0.694. The Bertz CT molecular complexity index is 663. The largest absolute Gasteiger partial charge is 0.435 e. The lowest BCUT2D eigenvalue weighted by atomic mass is 10.1. The van der Waals surface area contributed by atoms with Crippen LogP contribution in [0.3, 0.4) is 0 Å². The molecule has 0 aromatic heterocycles. The van der Waals surface area contributed by atoms with E-state index >= 15 is 0 Å². The highest BCUT2D eigenvalue weighted by Gasteiger charge is 2.07. The first-order valence-electron chi connectivity index (χ1n) is 7.18. The molecular formula is C17H18F2N2O2. The molecule has 122 valence electrons. The molecule has 23 heavy (non-hydrogen) atoms. The predicted molar refractivity (Wildman–Crippen MR) is 86.0 cm³/mol. The van der Waals surface area contributed by atoms with Gasteiger partial charge in [-0.25, -0.2) is 0 Å². The SMILES string of the molecule is CNc1cccc(NC(=O)CCc2cccc(OC(F)F)c2)c1. The van der Waals surface area contributed by atoms with Crippen molar-refractivity contribution < 1.29 is 18.3 Å². The third-order valence-electron chi connectivity index (χ3n) is 3.20. The zero-order chi connectivity index (χ0) is 16.7. The lowest BCUT2D eigenvalue weighted by molar-refractivity contribution is -0.116. The maximum Gasteiger partial charge on any atom is 0.387 e. The summed E-state index contributed by atoms with van der Waals surface area (Å²) in [5.74, 6) is -0.0435. The number of anilines is 2. The molecule has 0 atom stereocenters. The molecule has 0 aliphatic carbocycles. The fourth-order valence-electron chi connectivity index (χ4n) is 2.11. The number of carbonyl (C=O) groups is 1. The molecule has 2 rings (SSSR count). The van der Waals surface area contributed by atoms with Crippen molar-refractivity contribution >= 4 is 17.3 Å². The van der Waals surface area contributed by atoms with Crippen LogP contribution in [0.1, 0.15) is 12.0 Å². The van der Waals surface area contributed by atoms with Gasteiger partial charge in [0.1, 0.15) is 5.75 Å². The first-order chi connectivity index (χ1) is 11.1. The van der Waals surface area contributed by atoms with Gasteiger partial charge in [0.25, 0.3) is 0 Å². The van der Waals surface area contributed by atoms with Crippen LogP contribution in [0.4, 0.5) is 20.2 Å². The second-order valence-electron chi connectivity index (χ2n) is 4.90. The third kappa shape index (κ3) is 5.58. The molecule has 0 aliphatic rings. The molecule has 0 heterocycles. The maximum absolute atomic E-state index is 12.2.